The van der Waals surface area contributed by atoms with E-state index in [1.807, 2.05) is 12.1 Å². The predicted molar refractivity (Wildman–Crippen MR) is 167 cm³/mol. The minimum Gasteiger partial charge on any atom is -0.506 e. The normalized spacial score (nSPS) is 29.8. The lowest BCUT2D eigenvalue weighted by Crippen LogP contribution is -2.69. The Bertz CT molecular complexity index is 1740. The van der Waals surface area contributed by atoms with Gasteiger partial charge in [-0.05, 0) is 71.7 Å². The minimum atomic E-state index is -2.52. The van der Waals surface area contributed by atoms with Gasteiger partial charge in [-0.25, -0.2) is 0 Å². The summed E-state index contributed by atoms with van der Waals surface area (Å²) in [5, 5.41) is 65.1. The maximum Gasteiger partial charge on any atom is 0.254 e. The maximum atomic E-state index is 14.4. The van der Waals surface area contributed by atoms with Crippen molar-refractivity contribution in [3.05, 3.63) is 64.2 Å². The second-order valence-electron chi connectivity index (χ2n) is 13.1. The molecule has 3 aromatic rings. The van der Waals surface area contributed by atoms with Gasteiger partial charge < -0.3 is 49.7 Å². The lowest BCUT2D eigenvalue weighted by molar-refractivity contribution is -0.327. The number of aliphatic hydroxyl groups is 5. The number of ether oxygens (including phenoxy) is 3. The second kappa shape index (κ2) is 12.0. The van der Waals surface area contributed by atoms with Gasteiger partial charge in [0.1, 0.15) is 35.6 Å². The van der Waals surface area contributed by atoms with E-state index < -0.39 is 49.2 Å². The summed E-state index contributed by atoms with van der Waals surface area (Å²) in [4.78, 5) is 29.1. The molecule has 0 bridgehead atoms. The van der Waals surface area contributed by atoms with E-state index in [9.17, 15) is 40.2 Å². The highest BCUT2D eigenvalue weighted by atomic mass is 16.7. The largest absolute Gasteiger partial charge is 0.506 e. The number of methoxy groups -OCH3 is 1. The number of carbonyl (C=O) groups is 2. The number of benzene rings is 3. The van der Waals surface area contributed by atoms with Gasteiger partial charge in [0.15, 0.2) is 11.4 Å². The molecule has 250 valence electrons. The van der Waals surface area contributed by atoms with Gasteiger partial charge in [0.25, 0.3) is 5.91 Å². The molecule has 1 saturated heterocycles. The number of amides is 1. The van der Waals surface area contributed by atoms with Crippen molar-refractivity contribution in [3.63, 3.8) is 0 Å². The summed E-state index contributed by atoms with van der Waals surface area (Å²) in [6.07, 6.45) is -2.50. The highest BCUT2D eigenvalue weighted by Gasteiger charge is 2.56. The van der Waals surface area contributed by atoms with Crippen LogP contribution in [0, 0.1) is 5.92 Å². The Hall–Kier alpha value is -3.78. The summed E-state index contributed by atoms with van der Waals surface area (Å²) in [5.74, 6) is -0.389. The van der Waals surface area contributed by atoms with Crippen LogP contribution in [0.2, 0.25) is 0 Å². The number of hydrogen-bond acceptors (Lipinski definition) is 11. The number of aryl methyl sites for hydroxylation is 1. The number of aliphatic hydroxyl groups excluding tert-OH is 4. The van der Waals surface area contributed by atoms with Gasteiger partial charge in [-0.15, -0.1) is 0 Å². The third-order valence-electron chi connectivity index (χ3n) is 10.6. The Morgan fingerprint density at radius 2 is 1.91 bits per heavy atom. The SMILES string of the molecule is COc1cc(O[C@@H]2O[C@H](CO)[C@@H](O)[C@H](O)[C@]2(O)CO)c2c(O)c(C(=O)CN3Cc4ccccc4C3=O)c3c(c2c1)CC[C@H]1CCC[C@H]31. The van der Waals surface area contributed by atoms with Crippen molar-refractivity contribution in [1.82, 2.24) is 4.90 Å². The molecule has 7 atom stereocenters. The predicted octanol–water partition coefficient (Wildman–Crippen LogP) is 1.76. The van der Waals surface area contributed by atoms with Crippen LogP contribution >= 0.6 is 0 Å². The Balaban J connectivity index is 1.38. The number of phenolic OH excluding ortho intramolecular Hbond substituents is 1. The van der Waals surface area contributed by atoms with Crippen LogP contribution in [0.4, 0.5) is 0 Å². The van der Waals surface area contributed by atoms with E-state index in [1.54, 1.807) is 18.2 Å². The van der Waals surface area contributed by atoms with E-state index >= 15 is 0 Å². The molecule has 2 aliphatic heterocycles. The zero-order valence-electron chi connectivity index (χ0n) is 26.0. The summed E-state index contributed by atoms with van der Waals surface area (Å²) in [6.45, 7) is -1.78. The second-order valence-corrected chi connectivity index (χ2v) is 13.1. The number of aromatic hydroxyl groups is 1. The van der Waals surface area contributed by atoms with Crippen molar-refractivity contribution < 1.29 is 54.4 Å². The van der Waals surface area contributed by atoms with Crippen LogP contribution in [-0.4, -0.2) is 104 Å². The minimum absolute atomic E-state index is 0.0400. The van der Waals surface area contributed by atoms with Crippen LogP contribution in [0.5, 0.6) is 17.2 Å². The topological polar surface area (TPSA) is 186 Å². The van der Waals surface area contributed by atoms with E-state index in [2.05, 4.69) is 0 Å². The summed E-state index contributed by atoms with van der Waals surface area (Å²) in [7, 11) is 1.45. The van der Waals surface area contributed by atoms with Gasteiger partial charge in [0, 0.05) is 18.2 Å². The van der Waals surface area contributed by atoms with E-state index in [0.29, 0.717) is 29.0 Å². The van der Waals surface area contributed by atoms with Crippen LogP contribution in [0.25, 0.3) is 10.8 Å². The Morgan fingerprint density at radius 1 is 1.13 bits per heavy atom. The maximum absolute atomic E-state index is 14.4. The van der Waals surface area contributed by atoms with Gasteiger partial charge in [-0.2, -0.15) is 0 Å². The molecule has 6 N–H and O–H groups in total. The molecule has 2 fully saturated rings. The number of nitrogens with zero attached hydrogens (tertiary/aromatic N) is 1. The quantitative estimate of drug-likeness (QED) is 0.195. The zero-order chi connectivity index (χ0) is 33.2. The number of rotatable bonds is 8. The number of fused-ring (bicyclic) bond motifs is 6. The highest BCUT2D eigenvalue weighted by molar-refractivity contribution is 6.12. The molecule has 1 amide bonds. The van der Waals surface area contributed by atoms with Gasteiger partial charge in [-0.3, -0.25) is 9.59 Å². The fourth-order valence-electron chi connectivity index (χ4n) is 8.14. The van der Waals surface area contributed by atoms with Crippen molar-refractivity contribution >= 4 is 22.5 Å². The molecule has 1 saturated carbocycles. The van der Waals surface area contributed by atoms with Gasteiger partial charge >= 0.3 is 0 Å². The third kappa shape index (κ3) is 4.97. The van der Waals surface area contributed by atoms with E-state index in [4.69, 9.17) is 14.2 Å². The summed E-state index contributed by atoms with van der Waals surface area (Å²) in [5.41, 5.74) is 0.595. The van der Waals surface area contributed by atoms with E-state index in [-0.39, 0.29) is 47.4 Å². The first kappa shape index (κ1) is 31.8. The van der Waals surface area contributed by atoms with Crippen LogP contribution in [0.15, 0.2) is 36.4 Å². The smallest absolute Gasteiger partial charge is 0.254 e. The van der Waals surface area contributed by atoms with Crippen molar-refractivity contribution in [2.24, 2.45) is 5.92 Å². The molecule has 12 heteroatoms. The van der Waals surface area contributed by atoms with Crippen molar-refractivity contribution in [3.8, 4) is 17.2 Å². The van der Waals surface area contributed by atoms with Gasteiger partial charge in [0.2, 0.25) is 6.29 Å². The van der Waals surface area contributed by atoms with Crippen LogP contribution in [0.1, 0.15) is 69.0 Å². The van der Waals surface area contributed by atoms with Crippen molar-refractivity contribution in [2.75, 3.05) is 26.9 Å². The van der Waals surface area contributed by atoms with E-state index in [1.165, 1.54) is 18.1 Å². The standard InChI is InChI=1S/C35H39NO11/c1-45-19-11-23-22-10-9-17-6-4-8-20(17)27(22)29(24(39)14-36-13-18-5-2-3-7-21(18)33(36)43)31(41)28(23)25(12-19)46-34-35(44,16-38)32(42)30(40)26(15-37)47-34/h2-3,5,7,11-12,17,20,26,30,32,34,37-38,40-42,44H,4,6,8-10,13-16H2,1H3/t17-,20+,26-,30-,32+,34-,35-/m1/s1. The first-order chi connectivity index (χ1) is 22.6. The average Bonchev–Trinajstić information content (AvgIpc) is 3.69. The Morgan fingerprint density at radius 3 is 2.64 bits per heavy atom. The molecule has 0 unspecified atom stereocenters. The van der Waals surface area contributed by atoms with Crippen molar-refractivity contribution in [2.45, 2.75) is 74.8 Å². The monoisotopic (exact) mass is 649 g/mol. The number of phenols is 1. The molecule has 4 aliphatic rings. The molecular formula is C35H39NO11. The summed E-state index contributed by atoms with van der Waals surface area (Å²) >= 11 is 0. The average molecular weight is 650 g/mol. The van der Waals surface area contributed by atoms with Gasteiger partial charge in [-0.1, -0.05) is 24.6 Å². The molecule has 12 nitrogen and oxygen atoms in total. The molecule has 2 aliphatic carbocycles. The molecule has 7 rings (SSSR count). The fraction of sp³-hybridized carbons (Fsp3) is 0.486. The molecule has 0 aromatic heterocycles. The van der Waals surface area contributed by atoms with Crippen molar-refractivity contribution in [1.29, 1.82) is 0 Å². The van der Waals surface area contributed by atoms with Crippen LogP contribution in [-0.2, 0) is 17.7 Å². The first-order valence-electron chi connectivity index (χ1n) is 16.0. The zero-order valence-corrected chi connectivity index (χ0v) is 26.0. The molecule has 47 heavy (non-hydrogen) atoms. The Labute approximate surface area is 270 Å². The van der Waals surface area contributed by atoms with E-state index in [0.717, 1.165) is 42.4 Å². The summed E-state index contributed by atoms with van der Waals surface area (Å²) < 4.78 is 17.4. The van der Waals surface area contributed by atoms with Gasteiger partial charge in [0.05, 0.1) is 37.8 Å². The van der Waals surface area contributed by atoms with Crippen LogP contribution in [0.3, 0.4) is 0 Å². The third-order valence-corrected chi connectivity index (χ3v) is 10.6. The summed E-state index contributed by atoms with van der Waals surface area (Å²) in [6, 6.07) is 10.4. The van der Waals surface area contributed by atoms with Crippen LogP contribution < -0.4 is 9.47 Å². The number of hydrogen-bond donors (Lipinski definition) is 6. The Kier molecular flexibility index (Phi) is 8.14. The molecular weight excluding hydrogens is 610 g/mol. The molecule has 0 spiro atoms. The molecule has 0 radical (unpaired) electrons. The lowest BCUT2D eigenvalue weighted by Gasteiger charge is -2.46. The molecule has 3 aromatic carbocycles. The number of Topliss-reactive ketones (excluding diaryl/α,β-unsaturated/α-hetero) is 1. The fourth-order valence-corrected chi connectivity index (χ4v) is 8.14. The number of carbonyl (C=O) groups excluding carboxylic acids is 2. The first-order valence-corrected chi connectivity index (χ1v) is 16.0. The molecule has 2 heterocycles. The highest BCUT2D eigenvalue weighted by Crippen LogP contribution is 2.54. The lowest BCUT2D eigenvalue weighted by atomic mass is 9.72. The number of ketones is 1.